The standard InChI is InChI=1S/C15H21BrN4O/c1-3-17-14-10-8-11(16)13(9-12(10)18-15(14)21)20-6-4-19(2)5-7-20/h8-9,14,17H,3-7H2,1-2H3,(H,18,21). The molecule has 3 rings (SSSR count). The Balaban J connectivity index is 1.89. The average Bonchev–Trinajstić information content (AvgIpc) is 2.76. The Morgan fingerprint density at radius 3 is 2.71 bits per heavy atom. The Morgan fingerprint density at radius 1 is 1.33 bits per heavy atom. The topological polar surface area (TPSA) is 47.6 Å². The summed E-state index contributed by atoms with van der Waals surface area (Å²) in [6.45, 7) is 6.94. The second kappa shape index (κ2) is 5.94. The van der Waals surface area contributed by atoms with Crippen molar-refractivity contribution in [1.29, 1.82) is 0 Å². The number of carbonyl (C=O) groups is 1. The molecule has 2 heterocycles. The number of likely N-dealkylation sites (N-methyl/N-ethyl adjacent to an activating group) is 2. The lowest BCUT2D eigenvalue weighted by Gasteiger charge is -2.34. The maximum absolute atomic E-state index is 12.1. The van der Waals surface area contributed by atoms with Crippen LogP contribution < -0.4 is 15.5 Å². The molecule has 1 fully saturated rings. The van der Waals surface area contributed by atoms with E-state index in [2.05, 4.69) is 55.5 Å². The predicted octanol–water partition coefficient (Wildman–Crippen LogP) is 1.80. The van der Waals surface area contributed by atoms with Crippen LogP contribution in [0.1, 0.15) is 18.5 Å². The van der Waals surface area contributed by atoms with Crippen molar-refractivity contribution in [3.63, 3.8) is 0 Å². The van der Waals surface area contributed by atoms with Crippen molar-refractivity contribution in [2.24, 2.45) is 0 Å². The van der Waals surface area contributed by atoms with E-state index in [0.29, 0.717) is 0 Å². The van der Waals surface area contributed by atoms with E-state index in [1.54, 1.807) is 0 Å². The van der Waals surface area contributed by atoms with Gasteiger partial charge in [0.15, 0.2) is 0 Å². The van der Waals surface area contributed by atoms with Gasteiger partial charge >= 0.3 is 0 Å². The molecular formula is C15H21BrN4O. The Bertz CT molecular complexity index is 555. The fraction of sp³-hybridized carbons (Fsp3) is 0.533. The summed E-state index contributed by atoms with van der Waals surface area (Å²) < 4.78 is 1.06. The van der Waals surface area contributed by atoms with Gasteiger partial charge in [-0.3, -0.25) is 4.79 Å². The lowest BCUT2D eigenvalue weighted by Crippen LogP contribution is -2.44. The number of hydrogen-bond donors (Lipinski definition) is 2. The van der Waals surface area contributed by atoms with Gasteiger partial charge in [-0.15, -0.1) is 0 Å². The van der Waals surface area contributed by atoms with E-state index in [0.717, 1.165) is 48.4 Å². The molecule has 1 aromatic carbocycles. The van der Waals surface area contributed by atoms with E-state index in [1.807, 2.05) is 6.92 Å². The third kappa shape index (κ3) is 2.80. The monoisotopic (exact) mass is 352 g/mol. The Morgan fingerprint density at radius 2 is 2.05 bits per heavy atom. The molecule has 0 aromatic heterocycles. The molecule has 2 aliphatic heterocycles. The number of carbonyl (C=O) groups excluding carboxylic acids is 1. The fourth-order valence-electron chi connectivity index (χ4n) is 2.97. The molecule has 1 aromatic rings. The first kappa shape index (κ1) is 14.8. The number of amides is 1. The number of rotatable bonds is 3. The Labute approximate surface area is 133 Å². The highest BCUT2D eigenvalue weighted by atomic mass is 79.9. The smallest absolute Gasteiger partial charge is 0.246 e. The molecular weight excluding hydrogens is 332 g/mol. The summed E-state index contributed by atoms with van der Waals surface area (Å²) in [5.74, 6) is 0.0364. The molecule has 0 aliphatic carbocycles. The Hall–Kier alpha value is -1.11. The SMILES string of the molecule is CCNC1C(=O)Nc2cc(N3CCN(C)CC3)c(Br)cc21. The van der Waals surface area contributed by atoms with Crippen LogP contribution in [0, 0.1) is 0 Å². The molecule has 0 spiro atoms. The van der Waals surface area contributed by atoms with Gasteiger partial charge in [-0.05, 0) is 41.7 Å². The molecule has 0 bridgehead atoms. The van der Waals surface area contributed by atoms with Crippen LogP contribution in [0.2, 0.25) is 0 Å². The fourth-order valence-corrected chi connectivity index (χ4v) is 3.58. The van der Waals surface area contributed by atoms with Gasteiger partial charge in [-0.25, -0.2) is 0 Å². The second-order valence-electron chi connectivity index (χ2n) is 5.66. The maximum Gasteiger partial charge on any atom is 0.246 e. The van der Waals surface area contributed by atoms with Gasteiger partial charge in [0.2, 0.25) is 5.91 Å². The third-order valence-corrected chi connectivity index (χ3v) is 4.84. The third-order valence-electron chi connectivity index (χ3n) is 4.20. The number of nitrogens with zero attached hydrogens (tertiary/aromatic N) is 2. The number of hydrogen-bond acceptors (Lipinski definition) is 4. The van der Waals surface area contributed by atoms with Crippen molar-refractivity contribution >= 4 is 33.2 Å². The van der Waals surface area contributed by atoms with Crippen LogP contribution >= 0.6 is 15.9 Å². The van der Waals surface area contributed by atoms with Crippen molar-refractivity contribution < 1.29 is 4.79 Å². The first-order chi connectivity index (χ1) is 10.1. The summed E-state index contributed by atoms with van der Waals surface area (Å²) in [4.78, 5) is 16.8. The van der Waals surface area contributed by atoms with Crippen LogP contribution in [0.5, 0.6) is 0 Å². The highest BCUT2D eigenvalue weighted by Gasteiger charge is 2.31. The van der Waals surface area contributed by atoms with Crippen LogP contribution in [0.15, 0.2) is 16.6 Å². The van der Waals surface area contributed by atoms with Crippen LogP contribution in [0.25, 0.3) is 0 Å². The molecule has 2 aliphatic rings. The lowest BCUT2D eigenvalue weighted by molar-refractivity contribution is -0.117. The number of piperazine rings is 1. The van der Waals surface area contributed by atoms with E-state index in [9.17, 15) is 4.79 Å². The predicted molar refractivity (Wildman–Crippen MR) is 88.9 cm³/mol. The number of fused-ring (bicyclic) bond motifs is 1. The minimum absolute atomic E-state index is 0.0364. The number of benzene rings is 1. The summed E-state index contributed by atoms with van der Waals surface area (Å²) in [5.41, 5.74) is 3.13. The van der Waals surface area contributed by atoms with Crippen molar-refractivity contribution in [1.82, 2.24) is 10.2 Å². The zero-order valence-electron chi connectivity index (χ0n) is 12.4. The van der Waals surface area contributed by atoms with Crippen LogP contribution in [0.4, 0.5) is 11.4 Å². The van der Waals surface area contributed by atoms with Crippen LogP contribution in [-0.4, -0.2) is 50.6 Å². The quantitative estimate of drug-likeness (QED) is 0.870. The minimum atomic E-state index is -0.233. The zero-order chi connectivity index (χ0) is 15.0. The van der Waals surface area contributed by atoms with Gasteiger partial charge in [0, 0.05) is 41.9 Å². The van der Waals surface area contributed by atoms with Gasteiger partial charge in [-0.1, -0.05) is 6.92 Å². The second-order valence-corrected chi connectivity index (χ2v) is 6.52. The first-order valence-corrected chi connectivity index (χ1v) is 8.20. The molecule has 114 valence electrons. The summed E-state index contributed by atoms with van der Waals surface area (Å²) in [6.07, 6.45) is 0. The van der Waals surface area contributed by atoms with Crippen LogP contribution in [0.3, 0.4) is 0 Å². The van der Waals surface area contributed by atoms with Gasteiger partial charge in [0.25, 0.3) is 0 Å². The summed E-state index contributed by atoms with van der Waals surface area (Å²) in [7, 11) is 2.15. The molecule has 2 N–H and O–H groups in total. The lowest BCUT2D eigenvalue weighted by atomic mass is 10.1. The molecule has 0 saturated carbocycles. The molecule has 1 atom stereocenters. The zero-order valence-corrected chi connectivity index (χ0v) is 14.0. The highest BCUT2D eigenvalue weighted by Crippen LogP contribution is 2.39. The van der Waals surface area contributed by atoms with E-state index in [1.165, 1.54) is 5.69 Å². The minimum Gasteiger partial charge on any atom is -0.368 e. The van der Waals surface area contributed by atoms with E-state index >= 15 is 0 Å². The molecule has 5 nitrogen and oxygen atoms in total. The van der Waals surface area contributed by atoms with Gasteiger partial charge in [0.1, 0.15) is 6.04 Å². The molecule has 1 amide bonds. The number of nitrogens with one attached hydrogen (secondary N) is 2. The largest absolute Gasteiger partial charge is 0.368 e. The van der Waals surface area contributed by atoms with Gasteiger partial charge in [0.05, 0.1) is 5.69 Å². The molecule has 1 saturated heterocycles. The van der Waals surface area contributed by atoms with Crippen LogP contribution in [-0.2, 0) is 4.79 Å². The molecule has 21 heavy (non-hydrogen) atoms. The normalized spacial score (nSPS) is 22.3. The maximum atomic E-state index is 12.1. The molecule has 6 heteroatoms. The number of anilines is 2. The molecule has 1 unspecified atom stereocenters. The summed E-state index contributed by atoms with van der Waals surface area (Å²) in [5, 5.41) is 6.22. The van der Waals surface area contributed by atoms with Gasteiger partial charge < -0.3 is 20.4 Å². The van der Waals surface area contributed by atoms with E-state index < -0.39 is 0 Å². The van der Waals surface area contributed by atoms with Crippen molar-refractivity contribution in [3.05, 3.63) is 22.2 Å². The van der Waals surface area contributed by atoms with E-state index in [-0.39, 0.29) is 11.9 Å². The van der Waals surface area contributed by atoms with Gasteiger partial charge in [-0.2, -0.15) is 0 Å². The average molecular weight is 353 g/mol. The van der Waals surface area contributed by atoms with Crippen molar-refractivity contribution in [3.8, 4) is 0 Å². The van der Waals surface area contributed by atoms with E-state index in [4.69, 9.17) is 0 Å². The Kier molecular flexibility index (Phi) is 4.19. The summed E-state index contributed by atoms with van der Waals surface area (Å²) >= 11 is 3.68. The highest BCUT2D eigenvalue weighted by molar-refractivity contribution is 9.10. The molecule has 0 radical (unpaired) electrons. The summed E-state index contributed by atoms with van der Waals surface area (Å²) in [6, 6.07) is 3.94. The van der Waals surface area contributed by atoms with Crippen molar-refractivity contribution in [2.45, 2.75) is 13.0 Å². The number of halogens is 1. The first-order valence-electron chi connectivity index (χ1n) is 7.41. The van der Waals surface area contributed by atoms with Crippen molar-refractivity contribution in [2.75, 3.05) is 50.0 Å².